The van der Waals surface area contributed by atoms with Crippen LogP contribution in [0.3, 0.4) is 0 Å². The molecular formula is C27H31Cl2N3O4. The number of benzene rings is 2. The van der Waals surface area contributed by atoms with Gasteiger partial charge in [-0.05, 0) is 42.8 Å². The zero-order chi connectivity index (χ0) is 25.7. The summed E-state index contributed by atoms with van der Waals surface area (Å²) in [6, 6.07) is 17.0. The third kappa shape index (κ3) is 6.22. The van der Waals surface area contributed by atoms with Crippen molar-refractivity contribution < 1.29 is 19.7 Å². The molecule has 2 atom stereocenters. The molecule has 1 aliphatic heterocycles. The molecule has 0 radical (unpaired) electrons. The van der Waals surface area contributed by atoms with E-state index in [2.05, 4.69) is 14.8 Å². The van der Waals surface area contributed by atoms with Crippen molar-refractivity contribution in [2.45, 2.75) is 18.6 Å². The first-order chi connectivity index (χ1) is 17.3. The van der Waals surface area contributed by atoms with Crippen molar-refractivity contribution in [1.29, 1.82) is 0 Å². The Morgan fingerprint density at radius 3 is 2.50 bits per heavy atom. The van der Waals surface area contributed by atoms with E-state index in [1.165, 1.54) is 0 Å². The third-order valence-corrected chi connectivity index (χ3v) is 6.96. The molecular weight excluding hydrogens is 501 g/mol. The number of aliphatic hydroxyl groups excluding tert-OH is 1. The second-order valence-corrected chi connectivity index (χ2v) is 9.89. The van der Waals surface area contributed by atoms with E-state index in [-0.39, 0.29) is 19.3 Å². The number of piperazine rings is 1. The second kappa shape index (κ2) is 11.7. The number of anilines is 1. The number of hydrogen-bond acceptors (Lipinski definition) is 7. The minimum Gasteiger partial charge on any atom is -0.491 e. The Morgan fingerprint density at radius 1 is 1.08 bits per heavy atom. The van der Waals surface area contributed by atoms with Crippen LogP contribution in [0.15, 0.2) is 60.8 Å². The Kier molecular flexibility index (Phi) is 8.59. The lowest BCUT2D eigenvalue weighted by atomic mass is 9.95. The van der Waals surface area contributed by atoms with Gasteiger partial charge in [0.1, 0.15) is 18.0 Å². The number of rotatable bonds is 9. The Morgan fingerprint density at radius 2 is 1.86 bits per heavy atom. The van der Waals surface area contributed by atoms with Crippen LogP contribution in [0.2, 0.25) is 10.0 Å². The molecule has 2 aromatic carbocycles. The van der Waals surface area contributed by atoms with Gasteiger partial charge in [-0.15, -0.1) is 0 Å². The van der Waals surface area contributed by atoms with Gasteiger partial charge in [-0.25, -0.2) is 4.98 Å². The lowest BCUT2D eigenvalue weighted by Crippen LogP contribution is -2.52. The van der Waals surface area contributed by atoms with Crippen LogP contribution in [0, 0.1) is 0 Å². The van der Waals surface area contributed by atoms with Crippen LogP contribution in [0.1, 0.15) is 24.1 Å². The number of nitrogens with zero attached hydrogens (tertiary/aromatic N) is 3. The molecule has 36 heavy (non-hydrogen) atoms. The van der Waals surface area contributed by atoms with E-state index in [1.807, 2.05) is 49.4 Å². The molecule has 0 amide bonds. The highest BCUT2D eigenvalue weighted by Crippen LogP contribution is 2.38. The highest BCUT2D eigenvalue weighted by atomic mass is 35.5. The van der Waals surface area contributed by atoms with E-state index in [0.29, 0.717) is 41.3 Å². The number of β-amino-alcohol motifs (C(OH)–C–C–N with tert-alkyl or cyclic N) is 1. The summed E-state index contributed by atoms with van der Waals surface area (Å²) in [4.78, 5) is 8.79. The summed E-state index contributed by atoms with van der Waals surface area (Å²) in [5.41, 5.74) is 1.65. The fourth-order valence-electron chi connectivity index (χ4n) is 4.56. The van der Waals surface area contributed by atoms with E-state index in [4.69, 9.17) is 37.8 Å². The Hall–Kier alpha value is -2.55. The van der Waals surface area contributed by atoms with Crippen LogP contribution in [-0.4, -0.2) is 66.6 Å². The summed E-state index contributed by atoms with van der Waals surface area (Å²) in [7, 11) is 1.57. The number of ether oxygens (including phenoxy) is 2. The van der Waals surface area contributed by atoms with E-state index < -0.39 is 5.60 Å². The number of pyridine rings is 1. The maximum Gasteiger partial charge on any atom is 0.212 e. The van der Waals surface area contributed by atoms with Crippen molar-refractivity contribution in [2.75, 3.05) is 51.4 Å². The van der Waals surface area contributed by atoms with Gasteiger partial charge in [0.2, 0.25) is 5.88 Å². The summed E-state index contributed by atoms with van der Waals surface area (Å²) < 4.78 is 10.7. The number of methoxy groups -OCH3 is 1. The van der Waals surface area contributed by atoms with E-state index in [0.717, 1.165) is 23.4 Å². The molecule has 0 spiro atoms. The average Bonchev–Trinajstić information content (AvgIpc) is 2.88. The van der Waals surface area contributed by atoms with Crippen LogP contribution in [0.4, 0.5) is 5.69 Å². The van der Waals surface area contributed by atoms with Gasteiger partial charge in [0.05, 0.1) is 30.5 Å². The standard InChI is InChI=1S/C27H31Cl2N3O4/c1-27(34,20-5-10-26(35-2)30-16-20)18-31-11-12-32(25(17-31)19-3-6-21(28)7-4-19)24-9-8-22(15-23(24)29)36-14-13-33/h3-10,15-16,25,33-34H,11-14,17-18H2,1-2H3/t25-,27+/m0/s1. The van der Waals surface area contributed by atoms with Gasteiger partial charge < -0.3 is 24.6 Å². The summed E-state index contributed by atoms with van der Waals surface area (Å²) in [6.45, 7) is 4.54. The van der Waals surface area contributed by atoms with E-state index in [9.17, 15) is 5.11 Å². The van der Waals surface area contributed by atoms with Crippen molar-refractivity contribution in [3.63, 3.8) is 0 Å². The van der Waals surface area contributed by atoms with Gasteiger partial charge >= 0.3 is 0 Å². The number of hydrogen-bond donors (Lipinski definition) is 2. The molecule has 1 aliphatic rings. The molecule has 3 aromatic rings. The van der Waals surface area contributed by atoms with Gasteiger partial charge in [0.25, 0.3) is 0 Å². The minimum atomic E-state index is -1.09. The molecule has 1 aromatic heterocycles. The van der Waals surface area contributed by atoms with Gasteiger partial charge in [-0.1, -0.05) is 35.3 Å². The van der Waals surface area contributed by atoms with E-state index >= 15 is 0 Å². The Balaban J connectivity index is 1.57. The lowest BCUT2D eigenvalue weighted by molar-refractivity contribution is 0.00997. The summed E-state index contributed by atoms with van der Waals surface area (Å²) >= 11 is 12.9. The molecule has 0 aliphatic carbocycles. The maximum atomic E-state index is 11.3. The molecule has 0 bridgehead atoms. The van der Waals surface area contributed by atoms with Crippen molar-refractivity contribution >= 4 is 28.9 Å². The average molecular weight is 532 g/mol. The normalized spacial score (nSPS) is 18.1. The monoisotopic (exact) mass is 531 g/mol. The molecule has 192 valence electrons. The van der Waals surface area contributed by atoms with Crippen molar-refractivity contribution in [1.82, 2.24) is 9.88 Å². The molecule has 1 saturated heterocycles. The highest BCUT2D eigenvalue weighted by molar-refractivity contribution is 6.33. The third-order valence-electron chi connectivity index (χ3n) is 6.41. The summed E-state index contributed by atoms with van der Waals surface area (Å²) in [6.07, 6.45) is 1.66. The van der Waals surface area contributed by atoms with Crippen LogP contribution in [0.5, 0.6) is 11.6 Å². The lowest BCUT2D eigenvalue weighted by Gasteiger charge is -2.45. The van der Waals surface area contributed by atoms with Gasteiger partial charge in [0.15, 0.2) is 0 Å². The SMILES string of the molecule is COc1ccc([C@](C)(O)CN2CCN(c3ccc(OCCO)cc3Cl)[C@H](c3ccc(Cl)cc3)C2)cn1. The van der Waals surface area contributed by atoms with Gasteiger partial charge in [-0.3, -0.25) is 4.90 Å². The molecule has 2 heterocycles. The fourth-order valence-corrected chi connectivity index (χ4v) is 4.97. The summed E-state index contributed by atoms with van der Waals surface area (Å²) in [5.74, 6) is 1.12. The quantitative estimate of drug-likeness (QED) is 0.419. The number of aromatic nitrogens is 1. The molecule has 0 saturated carbocycles. The molecule has 4 rings (SSSR count). The Bertz CT molecular complexity index is 1140. The van der Waals surface area contributed by atoms with E-state index in [1.54, 1.807) is 25.4 Å². The molecule has 9 heteroatoms. The molecule has 2 N–H and O–H groups in total. The van der Waals surface area contributed by atoms with Crippen molar-refractivity contribution in [3.05, 3.63) is 82.0 Å². The number of aliphatic hydroxyl groups is 2. The smallest absolute Gasteiger partial charge is 0.212 e. The zero-order valence-electron chi connectivity index (χ0n) is 20.4. The van der Waals surface area contributed by atoms with Crippen LogP contribution >= 0.6 is 23.2 Å². The van der Waals surface area contributed by atoms with Gasteiger partial charge in [0, 0.05) is 55.1 Å². The first-order valence-corrected chi connectivity index (χ1v) is 12.6. The number of halogens is 2. The maximum absolute atomic E-state index is 11.3. The van der Waals surface area contributed by atoms with Crippen LogP contribution < -0.4 is 14.4 Å². The highest BCUT2D eigenvalue weighted by Gasteiger charge is 2.34. The first-order valence-electron chi connectivity index (χ1n) is 11.8. The molecule has 0 unspecified atom stereocenters. The van der Waals surface area contributed by atoms with Crippen molar-refractivity contribution in [3.8, 4) is 11.6 Å². The molecule has 7 nitrogen and oxygen atoms in total. The topological polar surface area (TPSA) is 78.3 Å². The predicted octanol–water partition coefficient (Wildman–Crippen LogP) is 4.54. The van der Waals surface area contributed by atoms with Crippen molar-refractivity contribution in [2.24, 2.45) is 0 Å². The first kappa shape index (κ1) is 26.5. The molecule has 1 fully saturated rings. The minimum absolute atomic E-state index is 0.0116. The predicted molar refractivity (Wildman–Crippen MR) is 142 cm³/mol. The van der Waals surface area contributed by atoms with Gasteiger partial charge in [-0.2, -0.15) is 0 Å². The fraction of sp³-hybridized carbons (Fsp3) is 0.370. The van der Waals surface area contributed by atoms with Crippen LogP contribution in [0.25, 0.3) is 0 Å². The largest absolute Gasteiger partial charge is 0.491 e. The second-order valence-electron chi connectivity index (χ2n) is 9.04. The Labute approximate surface area is 221 Å². The summed E-state index contributed by atoms with van der Waals surface area (Å²) in [5, 5.41) is 21.6. The zero-order valence-corrected chi connectivity index (χ0v) is 21.9. The van der Waals surface area contributed by atoms with Crippen LogP contribution in [-0.2, 0) is 5.60 Å².